The Labute approximate surface area is 285 Å². The van der Waals surface area contributed by atoms with Gasteiger partial charge in [-0.1, -0.05) is 30.3 Å². The molecule has 6 rings (SSSR count). The Bertz CT molecular complexity index is 1760. The summed E-state index contributed by atoms with van der Waals surface area (Å²) in [7, 11) is 0. The molecule has 1 unspecified atom stereocenters. The monoisotopic (exact) mass is 663 g/mol. The maximum atomic E-state index is 12.7. The van der Waals surface area contributed by atoms with Gasteiger partial charge in [-0.05, 0) is 92.1 Å². The number of anilines is 2. The van der Waals surface area contributed by atoms with Crippen LogP contribution in [0.4, 0.5) is 16.2 Å². The second kappa shape index (κ2) is 15.6. The number of carbonyl (C=O) groups excluding carboxylic acids is 4. The maximum absolute atomic E-state index is 12.7. The average Bonchev–Trinajstić information content (AvgIpc) is 3.90. The van der Waals surface area contributed by atoms with Crippen molar-refractivity contribution in [3.8, 4) is 22.8 Å². The van der Waals surface area contributed by atoms with Crippen LogP contribution in [0, 0.1) is 5.92 Å². The predicted octanol–water partition coefficient (Wildman–Crippen LogP) is 6.73. The summed E-state index contributed by atoms with van der Waals surface area (Å²) in [4.78, 5) is 57.4. The number of rotatable bonds is 11. The third-order valence-corrected chi connectivity index (χ3v) is 9.08. The van der Waals surface area contributed by atoms with Crippen molar-refractivity contribution in [3.05, 3.63) is 90.6 Å². The molecule has 11 heteroatoms. The largest absolute Gasteiger partial charge is 0.445 e. The van der Waals surface area contributed by atoms with E-state index in [0.717, 1.165) is 42.4 Å². The topological polar surface area (TPSA) is 134 Å². The minimum absolute atomic E-state index is 0.0534. The lowest BCUT2D eigenvalue weighted by atomic mass is 10.0. The fourth-order valence-corrected chi connectivity index (χ4v) is 6.42. The molecular formula is C38H41N5O6. The maximum Gasteiger partial charge on any atom is 0.410 e. The van der Waals surface area contributed by atoms with Gasteiger partial charge < -0.3 is 29.6 Å². The molecule has 0 saturated carbocycles. The van der Waals surface area contributed by atoms with Crippen LogP contribution in [0.3, 0.4) is 0 Å². The molecule has 2 saturated heterocycles. The molecule has 2 aliphatic heterocycles. The van der Waals surface area contributed by atoms with Crippen LogP contribution in [-0.4, -0.2) is 64.3 Å². The zero-order valence-corrected chi connectivity index (χ0v) is 27.6. The summed E-state index contributed by atoms with van der Waals surface area (Å²) >= 11 is 0. The third-order valence-electron chi connectivity index (χ3n) is 9.08. The van der Waals surface area contributed by atoms with Gasteiger partial charge in [0.05, 0.1) is 6.20 Å². The molecule has 0 aliphatic carbocycles. The number of carbonyl (C=O) groups is 4. The molecule has 2 N–H and O–H groups in total. The first-order valence-corrected chi connectivity index (χ1v) is 16.8. The minimum Gasteiger partial charge on any atom is -0.445 e. The van der Waals surface area contributed by atoms with E-state index in [4.69, 9.17) is 9.15 Å². The van der Waals surface area contributed by atoms with Crippen molar-refractivity contribution in [2.24, 2.45) is 5.92 Å². The highest BCUT2D eigenvalue weighted by molar-refractivity contribution is 5.97. The lowest BCUT2D eigenvalue weighted by Gasteiger charge is -2.22. The zero-order chi connectivity index (χ0) is 34.2. The Morgan fingerprint density at radius 1 is 0.878 bits per heavy atom. The number of ether oxygens (including phenoxy) is 1. The van der Waals surface area contributed by atoms with Crippen LogP contribution in [0.2, 0.25) is 0 Å². The molecule has 0 radical (unpaired) electrons. The summed E-state index contributed by atoms with van der Waals surface area (Å²) < 4.78 is 11.5. The second-order valence-electron chi connectivity index (χ2n) is 12.6. The molecule has 0 spiro atoms. The van der Waals surface area contributed by atoms with Gasteiger partial charge in [-0.3, -0.25) is 14.4 Å². The highest BCUT2D eigenvalue weighted by Crippen LogP contribution is 2.29. The van der Waals surface area contributed by atoms with E-state index in [2.05, 4.69) is 15.6 Å². The average molecular weight is 664 g/mol. The van der Waals surface area contributed by atoms with Gasteiger partial charge in [0.25, 0.3) is 0 Å². The normalized spacial score (nSPS) is 17.2. The molecule has 49 heavy (non-hydrogen) atoms. The van der Waals surface area contributed by atoms with Crippen LogP contribution in [0.5, 0.6) is 0 Å². The molecule has 2 fully saturated rings. The number of aromatic nitrogens is 1. The molecule has 3 aromatic carbocycles. The van der Waals surface area contributed by atoms with Gasteiger partial charge in [0.1, 0.15) is 12.6 Å². The number of benzene rings is 3. The summed E-state index contributed by atoms with van der Waals surface area (Å²) in [5.41, 5.74) is 3.87. The molecule has 0 bridgehead atoms. The first-order valence-electron chi connectivity index (χ1n) is 16.8. The first-order chi connectivity index (χ1) is 23.8. The number of nitrogens with one attached hydrogen (secondary N) is 2. The van der Waals surface area contributed by atoms with Crippen molar-refractivity contribution in [1.29, 1.82) is 0 Å². The van der Waals surface area contributed by atoms with Crippen molar-refractivity contribution in [1.82, 2.24) is 14.8 Å². The van der Waals surface area contributed by atoms with Crippen LogP contribution in [0.1, 0.15) is 51.0 Å². The summed E-state index contributed by atoms with van der Waals surface area (Å²) in [5, 5.41) is 5.87. The first kappa shape index (κ1) is 33.5. The van der Waals surface area contributed by atoms with E-state index in [9.17, 15) is 19.2 Å². The second-order valence-corrected chi connectivity index (χ2v) is 12.6. The van der Waals surface area contributed by atoms with Gasteiger partial charge in [-0.25, -0.2) is 9.78 Å². The molecule has 3 heterocycles. The molecule has 2 aliphatic rings. The van der Waals surface area contributed by atoms with E-state index >= 15 is 0 Å². The van der Waals surface area contributed by atoms with Crippen molar-refractivity contribution >= 4 is 35.2 Å². The van der Waals surface area contributed by atoms with E-state index < -0.39 is 6.04 Å². The molecule has 254 valence electrons. The predicted molar refractivity (Wildman–Crippen MR) is 185 cm³/mol. The zero-order valence-electron chi connectivity index (χ0n) is 27.6. The van der Waals surface area contributed by atoms with Gasteiger partial charge in [-0.15, -0.1) is 0 Å². The molecule has 1 aromatic heterocycles. The molecule has 4 amide bonds. The lowest BCUT2D eigenvalue weighted by molar-refractivity contribution is -0.134. The Hall–Kier alpha value is -5.45. The summed E-state index contributed by atoms with van der Waals surface area (Å²) in [5.74, 6) is 1.07. The van der Waals surface area contributed by atoms with Gasteiger partial charge in [0.15, 0.2) is 5.76 Å². The van der Waals surface area contributed by atoms with Crippen LogP contribution < -0.4 is 10.6 Å². The minimum atomic E-state index is -0.437. The highest BCUT2D eigenvalue weighted by Gasteiger charge is 2.32. The Balaban J connectivity index is 0.921. The number of oxazole rings is 1. The number of likely N-dealkylation sites (tertiary alicyclic amines) is 2. The molecular weight excluding hydrogens is 622 g/mol. The molecule has 2 atom stereocenters. The van der Waals surface area contributed by atoms with Crippen LogP contribution >= 0.6 is 0 Å². The van der Waals surface area contributed by atoms with E-state index in [1.807, 2.05) is 66.7 Å². The van der Waals surface area contributed by atoms with Crippen molar-refractivity contribution in [2.45, 2.75) is 58.1 Å². The van der Waals surface area contributed by atoms with E-state index in [1.165, 1.54) is 6.92 Å². The van der Waals surface area contributed by atoms with Gasteiger partial charge >= 0.3 is 6.09 Å². The van der Waals surface area contributed by atoms with E-state index in [0.29, 0.717) is 61.4 Å². The van der Waals surface area contributed by atoms with Crippen molar-refractivity contribution in [2.75, 3.05) is 30.3 Å². The summed E-state index contributed by atoms with van der Waals surface area (Å²) in [6.07, 6.45) is 5.78. The van der Waals surface area contributed by atoms with Gasteiger partial charge in [-0.2, -0.15) is 0 Å². The standard InChI is InChI=1S/C38H41N5O6/c1-26(44)43-21-6-10-33(43)36(46)41-32-16-12-29(13-17-32)34-23-39-37(49-34)30-14-18-31(19-15-30)40-35(45)11-5-9-27-20-22-42(24-27)38(47)48-25-28-7-3-2-4-8-28/h2-4,7-8,12-19,23,27,33H,5-6,9-11,20-22,24-25H2,1H3,(H,40,45)(H,41,46)/t27?,33-/m0/s1. The number of hydrogen-bond acceptors (Lipinski definition) is 7. The van der Waals surface area contributed by atoms with Crippen molar-refractivity contribution < 1.29 is 28.3 Å². The molecule has 11 nitrogen and oxygen atoms in total. The van der Waals surface area contributed by atoms with Crippen LogP contribution in [-0.2, 0) is 25.7 Å². The number of amides is 4. The van der Waals surface area contributed by atoms with Crippen molar-refractivity contribution in [3.63, 3.8) is 0 Å². The van der Waals surface area contributed by atoms with E-state index in [-0.39, 0.29) is 30.4 Å². The Kier molecular flexibility index (Phi) is 10.7. The smallest absolute Gasteiger partial charge is 0.410 e. The summed E-state index contributed by atoms with van der Waals surface area (Å²) in [6.45, 7) is 3.70. The van der Waals surface area contributed by atoms with Crippen LogP contribution in [0.15, 0.2) is 89.5 Å². The van der Waals surface area contributed by atoms with Gasteiger partial charge in [0, 0.05) is 55.5 Å². The fraction of sp³-hybridized carbons (Fsp3) is 0.342. The number of nitrogens with zero attached hydrogens (tertiary/aromatic N) is 3. The highest BCUT2D eigenvalue weighted by atomic mass is 16.6. The fourth-order valence-electron chi connectivity index (χ4n) is 6.42. The third kappa shape index (κ3) is 8.72. The lowest BCUT2D eigenvalue weighted by Crippen LogP contribution is -2.42. The van der Waals surface area contributed by atoms with Gasteiger partial charge in [0.2, 0.25) is 23.6 Å². The van der Waals surface area contributed by atoms with E-state index in [1.54, 1.807) is 28.1 Å². The molecule has 4 aromatic rings. The van der Waals surface area contributed by atoms with Crippen LogP contribution in [0.25, 0.3) is 22.8 Å². The SMILES string of the molecule is CC(=O)N1CCC[C@H]1C(=O)Nc1ccc(-c2cnc(-c3ccc(NC(=O)CCCC4CCN(C(=O)OCc5ccccc5)C4)cc3)o2)cc1. The summed E-state index contributed by atoms with van der Waals surface area (Å²) in [6, 6.07) is 23.8. The Morgan fingerprint density at radius 2 is 1.59 bits per heavy atom. The quantitative estimate of drug-likeness (QED) is 0.182. The number of hydrogen-bond donors (Lipinski definition) is 2. The Morgan fingerprint density at radius 3 is 2.33 bits per heavy atom.